The van der Waals surface area contributed by atoms with Crippen molar-refractivity contribution in [2.45, 2.75) is 65.0 Å². The van der Waals surface area contributed by atoms with E-state index in [1.54, 1.807) is 44.8 Å². The minimum atomic E-state index is -1.54. The van der Waals surface area contributed by atoms with E-state index < -0.39 is 14.1 Å². The highest BCUT2D eigenvalue weighted by molar-refractivity contribution is 7.44. The molecule has 0 aliphatic heterocycles. The Kier molecular flexibility index (Phi) is 15.1. The fourth-order valence-electron chi connectivity index (χ4n) is 7.64. The molecule has 328 valence electrons. The zero-order valence-corrected chi connectivity index (χ0v) is 37.7. The Hall–Kier alpha value is -6.52. The van der Waals surface area contributed by atoms with Crippen LogP contribution in [0.4, 0.5) is 5.82 Å². The number of fused-ring (bicyclic) bond motifs is 1. The van der Waals surface area contributed by atoms with Gasteiger partial charge in [-0.1, -0.05) is 78.9 Å². The number of nitriles is 1. The number of aromatic nitrogens is 4. The second-order valence-electron chi connectivity index (χ2n) is 15.4. The van der Waals surface area contributed by atoms with Gasteiger partial charge in [0, 0.05) is 23.3 Å². The van der Waals surface area contributed by atoms with Gasteiger partial charge in [0.05, 0.1) is 46.5 Å². The monoisotopic (exact) mass is 877 g/mol. The summed E-state index contributed by atoms with van der Waals surface area (Å²) >= 11 is 0. The van der Waals surface area contributed by atoms with E-state index in [-0.39, 0.29) is 50.1 Å². The fourth-order valence-corrected chi connectivity index (χ4v) is 9.24. The highest BCUT2D eigenvalue weighted by atomic mass is 31.2. The number of amides is 1. The van der Waals surface area contributed by atoms with Gasteiger partial charge in [-0.15, -0.1) is 0 Å². The van der Waals surface area contributed by atoms with Gasteiger partial charge in [-0.3, -0.25) is 9.36 Å². The second-order valence-corrected chi connectivity index (χ2v) is 16.9. The van der Waals surface area contributed by atoms with Crippen LogP contribution in [0.3, 0.4) is 0 Å². The molecular formula is C50H52N7O6P. The molecule has 1 atom stereocenters. The smallest absolute Gasteiger partial charge is 0.259 e. The molecule has 5 aromatic carbocycles. The van der Waals surface area contributed by atoms with E-state index >= 15 is 0 Å². The van der Waals surface area contributed by atoms with Crippen molar-refractivity contribution in [1.82, 2.24) is 24.2 Å². The Bertz CT molecular complexity index is 2600. The maximum Gasteiger partial charge on any atom is 0.259 e. The number of rotatable bonds is 20. The summed E-state index contributed by atoms with van der Waals surface area (Å²) in [6.07, 6.45) is 3.33. The largest absolute Gasteiger partial charge is 0.497 e. The number of ether oxygens (including phenoxy) is 3. The lowest BCUT2D eigenvalue weighted by Gasteiger charge is -2.36. The first kappa shape index (κ1) is 45.5. The number of benzene rings is 5. The van der Waals surface area contributed by atoms with Gasteiger partial charge >= 0.3 is 0 Å². The number of methoxy groups -OCH3 is 2. The molecule has 2 heterocycles. The van der Waals surface area contributed by atoms with Gasteiger partial charge in [-0.2, -0.15) is 5.26 Å². The van der Waals surface area contributed by atoms with E-state index in [0.717, 1.165) is 45.0 Å². The first-order valence-electron chi connectivity index (χ1n) is 21.0. The van der Waals surface area contributed by atoms with Gasteiger partial charge in [0.2, 0.25) is 0 Å². The number of nitrogens with zero attached hydrogens (tertiary/aromatic N) is 6. The van der Waals surface area contributed by atoms with E-state index in [1.165, 1.54) is 6.33 Å². The van der Waals surface area contributed by atoms with Crippen molar-refractivity contribution >= 4 is 31.4 Å². The number of hydrogen-bond donors (Lipinski definition) is 1. The highest BCUT2D eigenvalue weighted by Gasteiger charge is 2.38. The number of hydrogen-bond acceptors (Lipinski definition) is 11. The third-order valence-corrected chi connectivity index (χ3v) is 12.6. The minimum absolute atomic E-state index is 0.124. The third kappa shape index (κ3) is 10.3. The topological polar surface area (TPSA) is 146 Å². The zero-order valence-electron chi connectivity index (χ0n) is 36.8. The maximum absolute atomic E-state index is 13.2. The quantitative estimate of drug-likeness (QED) is 0.0443. The summed E-state index contributed by atoms with van der Waals surface area (Å²) in [5, 5.41) is 12.2. The van der Waals surface area contributed by atoms with E-state index in [4.69, 9.17) is 28.2 Å². The molecule has 0 spiro atoms. The van der Waals surface area contributed by atoms with Crippen molar-refractivity contribution in [3.63, 3.8) is 0 Å². The average molecular weight is 878 g/mol. The molecule has 0 fully saturated rings. The molecule has 1 unspecified atom stereocenters. The van der Waals surface area contributed by atoms with Crippen LogP contribution in [-0.4, -0.2) is 63.0 Å². The maximum atomic E-state index is 13.2. The molecule has 1 N–H and O–H groups in total. The van der Waals surface area contributed by atoms with Crippen LogP contribution in [0.5, 0.6) is 11.5 Å². The molecule has 0 radical (unpaired) electrons. The van der Waals surface area contributed by atoms with Crippen LogP contribution in [0.1, 0.15) is 72.3 Å². The Labute approximate surface area is 375 Å². The van der Waals surface area contributed by atoms with Crippen LogP contribution in [0.25, 0.3) is 16.9 Å². The van der Waals surface area contributed by atoms with Crippen molar-refractivity contribution in [2.24, 2.45) is 0 Å². The first-order valence-corrected chi connectivity index (χ1v) is 22.2. The Morgan fingerprint density at radius 1 is 0.750 bits per heavy atom. The van der Waals surface area contributed by atoms with Crippen molar-refractivity contribution in [3.05, 3.63) is 173 Å². The molecule has 0 saturated carbocycles. The zero-order chi connectivity index (χ0) is 45.1. The van der Waals surface area contributed by atoms with Crippen LogP contribution >= 0.6 is 8.53 Å². The molecule has 7 rings (SSSR count). The third-order valence-electron chi connectivity index (χ3n) is 10.5. The molecule has 7 aromatic rings. The van der Waals surface area contributed by atoms with Gasteiger partial charge in [0.25, 0.3) is 14.4 Å². The van der Waals surface area contributed by atoms with Gasteiger partial charge in [-0.25, -0.2) is 19.6 Å². The summed E-state index contributed by atoms with van der Waals surface area (Å²) in [6.45, 7) is 9.02. The number of nitrogens with one attached hydrogen (secondary N) is 1. The summed E-state index contributed by atoms with van der Waals surface area (Å²) in [5.41, 5.74) is 5.47. The average Bonchev–Trinajstić information content (AvgIpc) is 3.77. The number of imidazole rings is 1. The Morgan fingerprint density at radius 3 is 1.91 bits per heavy atom. The van der Waals surface area contributed by atoms with Crippen LogP contribution < -0.4 is 14.8 Å². The second kappa shape index (κ2) is 21.2. The van der Waals surface area contributed by atoms with Gasteiger partial charge in [0.15, 0.2) is 17.0 Å². The Morgan fingerprint density at radius 2 is 1.33 bits per heavy atom. The standard InChI is InChI=1S/C50H52N7O6P/c1-35(2)57(36(3)4)64(62-27-13-26-51)63-32-38-28-37(29-43(30-38)56-34-54-46-47(52-33-53-48(46)56)55-49(58)39-14-9-7-10-15-39)31-61-50(40-16-11-8-12-17-40,41-18-22-44(59-5)23-19-41)42-20-24-45(60-6)25-21-42/h7-12,14-25,28-30,33-36H,13,27,31-32H2,1-6H3,(H,52,53,55,58). The first-order chi connectivity index (χ1) is 31.1. The van der Waals surface area contributed by atoms with E-state index in [2.05, 4.69) is 71.9 Å². The molecule has 2 aromatic heterocycles. The van der Waals surface area contributed by atoms with Gasteiger partial charge < -0.3 is 28.6 Å². The molecule has 1 amide bonds. The molecule has 13 nitrogen and oxygen atoms in total. The molecule has 14 heteroatoms. The predicted molar refractivity (Wildman–Crippen MR) is 248 cm³/mol. The van der Waals surface area contributed by atoms with Crippen molar-refractivity contribution in [3.8, 4) is 23.3 Å². The normalized spacial score (nSPS) is 12.1. The van der Waals surface area contributed by atoms with Crippen LogP contribution in [0, 0.1) is 11.3 Å². The van der Waals surface area contributed by atoms with Crippen LogP contribution in [0.15, 0.2) is 140 Å². The highest BCUT2D eigenvalue weighted by Crippen LogP contribution is 2.47. The van der Waals surface area contributed by atoms with Crippen molar-refractivity contribution in [1.29, 1.82) is 5.26 Å². The fraction of sp³-hybridized carbons (Fsp3) is 0.260. The van der Waals surface area contributed by atoms with E-state index in [0.29, 0.717) is 16.7 Å². The molecule has 0 saturated heterocycles. The minimum Gasteiger partial charge on any atom is -0.497 e. The van der Waals surface area contributed by atoms with Gasteiger partial charge in [0.1, 0.15) is 29.8 Å². The molecule has 0 aliphatic carbocycles. The summed E-state index contributed by atoms with van der Waals surface area (Å²) < 4.78 is 35.5. The summed E-state index contributed by atoms with van der Waals surface area (Å²) in [7, 11) is 1.76. The summed E-state index contributed by atoms with van der Waals surface area (Å²) in [4.78, 5) is 26.9. The number of carbonyl (C=O) groups excluding carboxylic acids is 1. The van der Waals surface area contributed by atoms with Gasteiger partial charge in [-0.05, 0) is 104 Å². The van der Waals surface area contributed by atoms with Crippen LogP contribution in [0.2, 0.25) is 0 Å². The number of anilines is 1. The van der Waals surface area contributed by atoms with E-state index in [1.807, 2.05) is 89.5 Å². The lowest BCUT2D eigenvalue weighted by molar-refractivity contribution is 0.000144. The Balaban J connectivity index is 1.33. The lowest BCUT2D eigenvalue weighted by Crippen LogP contribution is -2.33. The van der Waals surface area contributed by atoms with E-state index in [9.17, 15) is 10.1 Å². The number of carbonyl (C=O) groups is 1. The predicted octanol–water partition coefficient (Wildman–Crippen LogP) is 10.4. The van der Waals surface area contributed by atoms with Crippen molar-refractivity contribution in [2.75, 3.05) is 26.1 Å². The summed E-state index contributed by atoms with van der Waals surface area (Å²) in [6, 6.07) is 43.5. The molecule has 0 aliphatic rings. The molecular weight excluding hydrogens is 826 g/mol. The van der Waals surface area contributed by atoms with Crippen molar-refractivity contribution < 1.29 is 28.1 Å². The van der Waals surface area contributed by atoms with Crippen LogP contribution in [-0.2, 0) is 32.6 Å². The summed E-state index contributed by atoms with van der Waals surface area (Å²) in [5.74, 6) is 1.42. The molecule has 64 heavy (non-hydrogen) atoms. The molecule has 0 bridgehead atoms. The lowest BCUT2D eigenvalue weighted by atomic mass is 9.80. The SMILES string of the molecule is COc1ccc(C(OCc2cc(COP(OCCC#N)N(C(C)C)C(C)C)cc(-n3cnc4c(NC(=O)c5ccccc5)ncnc43)c2)(c2ccccc2)c2ccc(OC)cc2)cc1.